The van der Waals surface area contributed by atoms with Crippen LogP contribution in [0, 0.1) is 13.8 Å². The molecule has 9 heteroatoms. The van der Waals surface area contributed by atoms with Crippen molar-refractivity contribution in [2.24, 2.45) is 0 Å². The Morgan fingerprint density at radius 3 is 2.63 bits per heavy atom. The average Bonchev–Trinajstić information content (AvgIpc) is 2.81. The number of sulfone groups is 1. The third-order valence-electron chi connectivity index (χ3n) is 4.71. The van der Waals surface area contributed by atoms with Gasteiger partial charge in [-0.3, -0.25) is 4.79 Å². The van der Waals surface area contributed by atoms with Crippen LogP contribution in [0.1, 0.15) is 16.7 Å². The predicted octanol–water partition coefficient (Wildman–Crippen LogP) is 0.235. The number of benzene rings is 1. The first-order valence-electron chi connectivity index (χ1n) is 8.40. The molecular weight excluding hydrogens is 374 g/mol. The molecule has 3 rings (SSSR count). The average molecular weight is 395 g/mol. The lowest BCUT2D eigenvalue weighted by Gasteiger charge is -2.16. The van der Waals surface area contributed by atoms with Crippen LogP contribution in [0.2, 0.25) is 0 Å². The lowest BCUT2D eigenvalue weighted by atomic mass is 10.0. The molecule has 0 spiro atoms. The lowest BCUT2D eigenvalue weighted by Crippen LogP contribution is -2.43. The van der Waals surface area contributed by atoms with Crippen molar-refractivity contribution >= 4 is 26.7 Å². The number of aliphatic hydroxyl groups is 1. The molecule has 1 saturated heterocycles. The Morgan fingerprint density at radius 2 is 2.04 bits per heavy atom. The van der Waals surface area contributed by atoms with Crippen LogP contribution in [0.5, 0.6) is 5.75 Å². The number of amides is 1. The molecule has 2 N–H and O–H groups in total. The number of carbonyl (C=O) groups excluding carboxylic acids is 1. The molecule has 8 nitrogen and oxygen atoms in total. The van der Waals surface area contributed by atoms with E-state index in [1.165, 1.54) is 7.11 Å². The van der Waals surface area contributed by atoms with Crippen molar-refractivity contribution in [2.75, 3.05) is 18.6 Å². The molecule has 2 heterocycles. The van der Waals surface area contributed by atoms with E-state index in [1.54, 1.807) is 19.1 Å². The van der Waals surface area contributed by atoms with Gasteiger partial charge >= 0.3 is 5.63 Å². The zero-order valence-electron chi connectivity index (χ0n) is 15.2. The topological polar surface area (TPSA) is 123 Å². The first kappa shape index (κ1) is 19.4. The Morgan fingerprint density at radius 1 is 1.33 bits per heavy atom. The van der Waals surface area contributed by atoms with Gasteiger partial charge in [-0.2, -0.15) is 0 Å². The zero-order valence-corrected chi connectivity index (χ0v) is 16.1. The van der Waals surface area contributed by atoms with Crippen LogP contribution in [0.25, 0.3) is 11.0 Å². The normalized spacial score (nSPS) is 21.3. The van der Waals surface area contributed by atoms with Gasteiger partial charge in [-0.1, -0.05) is 0 Å². The number of ether oxygens (including phenoxy) is 1. The highest BCUT2D eigenvalue weighted by atomic mass is 32.2. The predicted molar refractivity (Wildman–Crippen MR) is 98.8 cm³/mol. The molecule has 1 aromatic carbocycles. The number of carbonyl (C=O) groups is 1. The Kier molecular flexibility index (Phi) is 5.00. The minimum Gasteiger partial charge on any atom is -0.496 e. The molecule has 1 aliphatic heterocycles. The number of fused-ring (bicyclic) bond motifs is 1. The van der Waals surface area contributed by atoms with E-state index in [1.807, 2.05) is 6.92 Å². The molecule has 2 aromatic rings. The molecule has 0 saturated carbocycles. The summed E-state index contributed by atoms with van der Waals surface area (Å²) in [4.78, 5) is 24.7. The minimum atomic E-state index is -3.38. The Bertz CT molecular complexity index is 1070. The second-order valence-corrected chi connectivity index (χ2v) is 8.98. The van der Waals surface area contributed by atoms with E-state index in [2.05, 4.69) is 5.32 Å². The van der Waals surface area contributed by atoms with Crippen LogP contribution < -0.4 is 15.7 Å². The fourth-order valence-electron chi connectivity index (χ4n) is 3.39. The number of aliphatic hydroxyl groups excluding tert-OH is 1. The molecule has 0 aliphatic carbocycles. The maximum Gasteiger partial charge on any atom is 0.340 e. The molecule has 2 atom stereocenters. The van der Waals surface area contributed by atoms with Crippen LogP contribution in [-0.2, 0) is 21.1 Å². The Hall–Kier alpha value is -2.39. The SMILES string of the molecule is COc1cc(C)cc2oc(=O)c(CC(=O)NC3CS(=O)(=O)CC3O)c(C)c12. The van der Waals surface area contributed by atoms with Gasteiger partial charge < -0.3 is 19.6 Å². The molecule has 1 aliphatic rings. The molecular formula is C18H21NO7S. The second-order valence-electron chi connectivity index (χ2n) is 6.83. The van der Waals surface area contributed by atoms with Crippen molar-refractivity contribution in [1.29, 1.82) is 0 Å². The van der Waals surface area contributed by atoms with Gasteiger partial charge in [-0.05, 0) is 37.1 Å². The van der Waals surface area contributed by atoms with Gasteiger partial charge in [0.05, 0.1) is 48.1 Å². The third kappa shape index (κ3) is 3.84. The minimum absolute atomic E-state index is 0.164. The van der Waals surface area contributed by atoms with Gasteiger partial charge in [0, 0.05) is 0 Å². The van der Waals surface area contributed by atoms with Crippen LogP contribution in [0.4, 0.5) is 0 Å². The summed E-state index contributed by atoms with van der Waals surface area (Å²) in [5, 5.41) is 12.9. The van der Waals surface area contributed by atoms with Crippen molar-refractivity contribution < 1.29 is 27.5 Å². The van der Waals surface area contributed by atoms with Crippen molar-refractivity contribution in [2.45, 2.75) is 32.4 Å². The van der Waals surface area contributed by atoms with E-state index in [-0.39, 0.29) is 23.5 Å². The number of hydrogen-bond acceptors (Lipinski definition) is 7. The van der Waals surface area contributed by atoms with Crippen molar-refractivity contribution in [3.8, 4) is 5.75 Å². The summed E-state index contributed by atoms with van der Waals surface area (Å²) in [6.45, 7) is 3.55. The van der Waals surface area contributed by atoms with Gasteiger partial charge in [-0.25, -0.2) is 13.2 Å². The maximum atomic E-state index is 12.4. The summed E-state index contributed by atoms with van der Waals surface area (Å²) in [6.07, 6.45) is -1.44. The van der Waals surface area contributed by atoms with Crippen molar-refractivity contribution in [3.05, 3.63) is 39.2 Å². The fraction of sp³-hybridized carbons (Fsp3) is 0.444. The van der Waals surface area contributed by atoms with Crippen LogP contribution >= 0.6 is 0 Å². The quantitative estimate of drug-likeness (QED) is 0.711. The maximum absolute atomic E-state index is 12.4. The largest absolute Gasteiger partial charge is 0.496 e. The molecule has 1 fully saturated rings. The summed E-state index contributed by atoms with van der Waals surface area (Å²) in [6, 6.07) is 2.64. The van der Waals surface area contributed by atoms with Gasteiger partial charge in [0.2, 0.25) is 5.91 Å². The third-order valence-corrected chi connectivity index (χ3v) is 6.43. The molecule has 1 amide bonds. The van der Waals surface area contributed by atoms with E-state index >= 15 is 0 Å². The molecule has 0 radical (unpaired) electrons. The highest BCUT2D eigenvalue weighted by Gasteiger charge is 2.37. The zero-order chi connectivity index (χ0) is 19.9. The Labute approximate surface area is 156 Å². The summed E-state index contributed by atoms with van der Waals surface area (Å²) < 4.78 is 33.8. The number of aryl methyl sites for hydroxylation is 2. The summed E-state index contributed by atoms with van der Waals surface area (Å²) >= 11 is 0. The first-order valence-corrected chi connectivity index (χ1v) is 10.2. The summed E-state index contributed by atoms with van der Waals surface area (Å²) in [5.74, 6) is -0.730. The van der Waals surface area contributed by atoms with Crippen LogP contribution in [0.3, 0.4) is 0 Å². The van der Waals surface area contributed by atoms with E-state index in [0.29, 0.717) is 22.3 Å². The highest BCUT2D eigenvalue weighted by Crippen LogP contribution is 2.30. The standard InChI is InChI=1S/C18H21NO7S/c1-9-4-14(25-3)17-10(2)11(18(22)26-15(17)5-9)6-16(21)19-12-7-27(23,24)8-13(12)20/h4-5,12-13,20H,6-8H2,1-3H3,(H,19,21). The molecule has 1 aromatic heterocycles. The number of nitrogens with one attached hydrogen (secondary N) is 1. The van der Waals surface area contributed by atoms with Crippen LogP contribution in [-0.4, -0.2) is 50.2 Å². The summed E-state index contributed by atoms with van der Waals surface area (Å²) in [5.41, 5.74) is 1.33. The Balaban J connectivity index is 1.92. The van der Waals surface area contributed by atoms with Gasteiger partial charge in [0.25, 0.3) is 0 Å². The molecule has 0 bridgehead atoms. The molecule has 146 valence electrons. The van der Waals surface area contributed by atoms with E-state index in [0.717, 1.165) is 5.56 Å². The molecule has 2 unspecified atom stereocenters. The lowest BCUT2D eigenvalue weighted by molar-refractivity contribution is -0.121. The monoisotopic (exact) mass is 395 g/mol. The van der Waals surface area contributed by atoms with Crippen LogP contribution in [0.15, 0.2) is 21.3 Å². The molecule has 27 heavy (non-hydrogen) atoms. The van der Waals surface area contributed by atoms with E-state index < -0.39 is 33.5 Å². The van der Waals surface area contributed by atoms with Crippen molar-refractivity contribution in [3.63, 3.8) is 0 Å². The van der Waals surface area contributed by atoms with E-state index in [4.69, 9.17) is 9.15 Å². The van der Waals surface area contributed by atoms with E-state index in [9.17, 15) is 23.1 Å². The van der Waals surface area contributed by atoms with Gasteiger partial charge in [0.1, 0.15) is 11.3 Å². The fourth-order valence-corrected chi connectivity index (χ4v) is 5.13. The van der Waals surface area contributed by atoms with Crippen molar-refractivity contribution in [1.82, 2.24) is 5.32 Å². The number of methoxy groups -OCH3 is 1. The summed E-state index contributed by atoms with van der Waals surface area (Å²) in [7, 11) is -1.88. The van der Waals surface area contributed by atoms with Gasteiger partial charge in [-0.15, -0.1) is 0 Å². The van der Waals surface area contributed by atoms with Gasteiger partial charge in [0.15, 0.2) is 9.84 Å². The first-order chi connectivity index (χ1) is 12.6. The highest BCUT2D eigenvalue weighted by molar-refractivity contribution is 7.91. The number of hydrogen-bond donors (Lipinski definition) is 2. The number of rotatable bonds is 4. The smallest absolute Gasteiger partial charge is 0.340 e. The second kappa shape index (κ2) is 6.97.